The first-order valence-corrected chi connectivity index (χ1v) is 10.7. The summed E-state index contributed by atoms with van der Waals surface area (Å²) in [5.74, 6) is -2.19. The Hall–Kier alpha value is -3.85. The average Bonchev–Trinajstić information content (AvgIpc) is 3.09. The quantitative estimate of drug-likeness (QED) is 0.288. The van der Waals surface area contributed by atoms with Crippen LogP contribution in [0.5, 0.6) is 5.75 Å². The van der Waals surface area contributed by atoms with Crippen LogP contribution >= 0.6 is 11.6 Å². The molecule has 4 rings (SSSR count). The maximum Gasteiger partial charge on any atom is 0.416 e. The fourth-order valence-electron chi connectivity index (χ4n) is 3.89. The van der Waals surface area contributed by atoms with E-state index >= 15 is 0 Å². The number of aliphatic hydroxyl groups is 1. The van der Waals surface area contributed by atoms with Gasteiger partial charge >= 0.3 is 6.18 Å². The van der Waals surface area contributed by atoms with Crippen LogP contribution in [0.25, 0.3) is 5.76 Å². The number of aliphatic hydroxyl groups excluding tert-OH is 1. The molecule has 35 heavy (non-hydrogen) atoms. The molecule has 1 saturated heterocycles. The van der Waals surface area contributed by atoms with Gasteiger partial charge in [-0.15, -0.1) is 0 Å². The molecule has 0 bridgehead atoms. The fourth-order valence-corrected chi connectivity index (χ4v) is 4.10. The van der Waals surface area contributed by atoms with Crippen molar-refractivity contribution in [2.45, 2.75) is 18.8 Å². The number of hydrogen-bond acceptors (Lipinski definition) is 5. The van der Waals surface area contributed by atoms with E-state index in [2.05, 4.69) is 4.98 Å². The van der Waals surface area contributed by atoms with Gasteiger partial charge in [-0.05, 0) is 48.0 Å². The first-order chi connectivity index (χ1) is 16.6. The smallest absolute Gasteiger partial charge is 0.416 e. The Morgan fingerprint density at radius 3 is 2.54 bits per heavy atom. The summed E-state index contributed by atoms with van der Waals surface area (Å²) in [7, 11) is 1.41. The first kappa shape index (κ1) is 24.3. The molecule has 6 nitrogen and oxygen atoms in total. The van der Waals surface area contributed by atoms with Crippen LogP contribution in [0.3, 0.4) is 0 Å². The lowest BCUT2D eigenvalue weighted by molar-refractivity contribution is -0.140. The number of pyridine rings is 1. The van der Waals surface area contributed by atoms with Crippen molar-refractivity contribution in [3.8, 4) is 5.75 Å². The summed E-state index contributed by atoms with van der Waals surface area (Å²) >= 11 is 6.25. The Morgan fingerprint density at radius 1 is 1.11 bits per heavy atom. The largest absolute Gasteiger partial charge is 0.507 e. The van der Waals surface area contributed by atoms with Gasteiger partial charge < -0.3 is 14.7 Å². The minimum atomic E-state index is -4.58. The molecule has 1 unspecified atom stereocenters. The Bertz CT molecular complexity index is 1330. The number of nitrogens with zero attached hydrogens (tertiary/aromatic N) is 2. The topological polar surface area (TPSA) is 79.7 Å². The van der Waals surface area contributed by atoms with Crippen molar-refractivity contribution in [2.75, 3.05) is 7.11 Å². The lowest BCUT2D eigenvalue weighted by Crippen LogP contribution is -2.29. The van der Waals surface area contributed by atoms with E-state index in [1.54, 1.807) is 24.3 Å². The number of Topliss-reactive ketones (excluding diaryl/α,β-unsaturated/α-hetero) is 1. The maximum atomic E-state index is 13.2. The van der Waals surface area contributed by atoms with Gasteiger partial charge in [-0.25, -0.2) is 0 Å². The molecule has 1 aliphatic heterocycles. The van der Waals surface area contributed by atoms with Crippen LogP contribution in [0.2, 0.25) is 5.02 Å². The number of alkyl halides is 3. The molecule has 1 atom stereocenters. The Labute approximate surface area is 203 Å². The van der Waals surface area contributed by atoms with Crippen LogP contribution < -0.4 is 4.74 Å². The van der Waals surface area contributed by atoms with Crippen LogP contribution in [0.15, 0.2) is 72.4 Å². The minimum Gasteiger partial charge on any atom is -0.507 e. The molecule has 0 radical (unpaired) electrons. The van der Waals surface area contributed by atoms with Gasteiger partial charge in [-0.2, -0.15) is 13.2 Å². The average molecular weight is 503 g/mol. The molecule has 0 saturated carbocycles. The van der Waals surface area contributed by atoms with Crippen molar-refractivity contribution in [2.24, 2.45) is 0 Å². The lowest BCUT2D eigenvalue weighted by atomic mass is 9.98. The molecule has 0 aliphatic carbocycles. The molecule has 1 fully saturated rings. The van der Waals surface area contributed by atoms with E-state index < -0.39 is 35.2 Å². The van der Waals surface area contributed by atoms with Crippen molar-refractivity contribution in [3.63, 3.8) is 0 Å². The van der Waals surface area contributed by atoms with Crippen LogP contribution in [-0.2, 0) is 22.3 Å². The van der Waals surface area contributed by atoms with E-state index in [4.69, 9.17) is 16.3 Å². The molecule has 10 heteroatoms. The molecule has 2 aromatic carbocycles. The molecule has 1 amide bonds. The molecular weight excluding hydrogens is 485 g/mol. The van der Waals surface area contributed by atoms with Crippen LogP contribution in [0, 0.1) is 0 Å². The first-order valence-electron chi connectivity index (χ1n) is 10.3. The zero-order chi connectivity index (χ0) is 25.3. The van der Waals surface area contributed by atoms with E-state index in [-0.39, 0.29) is 34.0 Å². The van der Waals surface area contributed by atoms with Crippen LogP contribution in [-0.4, -0.2) is 33.8 Å². The number of amides is 1. The van der Waals surface area contributed by atoms with E-state index in [1.807, 2.05) is 0 Å². The second-order valence-electron chi connectivity index (χ2n) is 7.73. The second kappa shape index (κ2) is 9.42. The Balaban J connectivity index is 1.86. The van der Waals surface area contributed by atoms with E-state index in [9.17, 15) is 27.9 Å². The Kier molecular flexibility index (Phi) is 6.53. The number of halogens is 4. The highest BCUT2D eigenvalue weighted by Gasteiger charge is 2.47. The van der Waals surface area contributed by atoms with Gasteiger partial charge in [0.05, 0.1) is 29.0 Å². The lowest BCUT2D eigenvalue weighted by Gasteiger charge is -2.25. The molecule has 1 aliphatic rings. The number of benzene rings is 2. The summed E-state index contributed by atoms with van der Waals surface area (Å²) in [6.07, 6.45) is -3.13. The second-order valence-corrected chi connectivity index (χ2v) is 8.13. The van der Waals surface area contributed by atoms with Gasteiger partial charge in [0.1, 0.15) is 17.6 Å². The number of hydrogen-bond donors (Lipinski definition) is 1. The number of ether oxygens (including phenoxy) is 1. The zero-order valence-corrected chi connectivity index (χ0v) is 19.0. The summed E-state index contributed by atoms with van der Waals surface area (Å²) in [5.41, 5.74) is -0.703. The van der Waals surface area contributed by atoms with E-state index in [0.717, 1.165) is 17.0 Å². The fraction of sp³-hybridized carbons (Fsp3) is 0.160. The maximum absolute atomic E-state index is 13.2. The number of carbonyl (C=O) groups is 2. The van der Waals surface area contributed by atoms with E-state index in [1.165, 1.54) is 37.6 Å². The third-order valence-electron chi connectivity index (χ3n) is 5.54. The van der Waals surface area contributed by atoms with Gasteiger partial charge in [-0.3, -0.25) is 14.6 Å². The molecule has 3 aromatic rings. The summed E-state index contributed by atoms with van der Waals surface area (Å²) < 4.78 is 44.8. The summed E-state index contributed by atoms with van der Waals surface area (Å²) in [4.78, 5) is 31.5. The number of likely N-dealkylation sites (tertiary alicyclic amines) is 1. The van der Waals surface area contributed by atoms with Gasteiger partial charge in [-0.1, -0.05) is 29.8 Å². The Morgan fingerprint density at radius 2 is 1.89 bits per heavy atom. The van der Waals surface area contributed by atoms with Crippen LogP contribution in [0.1, 0.15) is 28.4 Å². The van der Waals surface area contributed by atoms with Crippen molar-refractivity contribution in [1.82, 2.24) is 9.88 Å². The molecule has 180 valence electrons. The standard InChI is InChI=1S/C25H18ClF3N2O4/c1-35-16-8-9-18(26)17(12-16)22(32)20-21(19-7-2-3-10-30-19)31(24(34)23(20)33)13-14-5-4-6-15(11-14)25(27,28)29/h2-12,21,32H,13H2,1H3/b22-20+. The number of methoxy groups -OCH3 is 1. The van der Waals surface area contributed by atoms with Crippen LogP contribution in [0.4, 0.5) is 13.2 Å². The zero-order valence-electron chi connectivity index (χ0n) is 18.2. The van der Waals surface area contributed by atoms with Gasteiger partial charge in [0, 0.05) is 18.3 Å². The molecule has 0 spiro atoms. The summed E-state index contributed by atoms with van der Waals surface area (Å²) in [5, 5.41) is 11.2. The van der Waals surface area contributed by atoms with E-state index in [0.29, 0.717) is 5.75 Å². The third kappa shape index (κ3) is 4.72. The van der Waals surface area contributed by atoms with Crippen molar-refractivity contribution in [3.05, 3.63) is 99.8 Å². The van der Waals surface area contributed by atoms with Crippen molar-refractivity contribution in [1.29, 1.82) is 0 Å². The SMILES string of the molecule is COc1ccc(Cl)c(/C(O)=C2\C(=O)C(=O)N(Cc3cccc(C(F)(F)F)c3)C2c2ccccn2)c1. The molecule has 2 heterocycles. The summed E-state index contributed by atoms with van der Waals surface area (Å²) in [6.45, 7) is -0.321. The minimum absolute atomic E-state index is 0.0593. The van der Waals surface area contributed by atoms with Gasteiger partial charge in [0.2, 0.25) is 0 Å². The van der Waals surface area contributed by atoms with Gasteiger partial charge in [0.25, 0.3) is 11.7 Å². The summed E-state index contributed by atoms with van der Waals surface area (Å²) in [6, 6.07) is 12.5. The highest BCUT2D eigenvalue weighted by molar-refractivity contribution is 6.46. The molecule has 1 N–H and O–H groups in total. The number of carbonyl (C=O) groups excluding carboxylic acids is 2. The predicted octanol–water partition coefficient (Wildman–Crippen LogP) is 5.38. The predicted molar refractivity (Wildman–Crippen MR) is 122 cm³/mol. The molecule has 1 aromatic heterocycles. The van der Waals surface area contributed by atoms with Crippen molar-refractivity contribution >= 4 is 29.1 Å². The molecular formula is C25H18ClF3N2O4. The van der Waals surface area contributed by atoms with Crippen molar-refractivity contribution < 1.29 is 32.6 Å². The third-order valence-corrected chi connectivity index (χ3v) is 5.87. The van der Waals surface area contributed by atoms with Gasteiger partial charge in [0.15, 0.2) is 0 Å². The highest BCUT2D eigenvalue weighted by atomic mass is 35.5. The number of ketones is 1. The number of aromatic nitrogens is 1. The highest BCUT2D eigenvalue weighted by Crippen LogP contribution is 2.41. The number of rotatable bonds is 5. The normalized spacial score (nSPS) is 17.6. The monoisotopic (exact) mass is 502 g/mol.